The summed E-state index contributed by atoms with van der Waals surface area (Å²) >= 11 is 0. The average molecular weight is 438 g/mol. The van der Waals surface area contributed by atoms with Crippen LogP contribution >= 0.6 is 0 Å². The molecule has 0 saturated carbocycles. The van der Waals surface area contributed by atoms with Crippen molar-refractivity contribution in [1.29, 1.82) is 0 Å². The molecule has 0 N–H and O–H groups in total. The van der Waals surface area contributed by atoms with E-state index < -0.39 is 0 Å². The maximum absolute atomic E-state index is 13.2. The van der Waals surface area contributed by atoms with E-state index in [1.165, 1.54) is 0 Å². The maximum Gasteiger partial charge on any atom is 0.275 e. The molecule has 8 heteroatoms. The second-order valence-electron chi connectivity index (χ2n) is 9.58. The smallest absolute Gasteiger partial charge is 0.275 e. The van der Waals surface area contributed by atoms with Crippen LogP contribution in [0.15, 0.2) is 28.8 Å². The Hall–Kier alpha value is -2.74. The number of ether oxygens (including phenoxy) is 1. The molecule has 5 rings (SSSR count). The van der Waals surface area contributed by atoms with E-state index in [9.17, 15) is 4.79 Å². The molecule has 0 radical (unpaired) electrons. The van der Waals surface area contributed by atoms with E-state index in [1.54, 1.807) is 4.68 Å². The van der Waals surface area contributed by atoms with Crippen molar-refractivity contribution in [3.05, 3.63) is 41.7 Å². The van der Waals surface area contributed by atoms with Gasteiger partial charge in [-0.1, -0.05) is 37.2 Å². The normalized spacial score (nSPS) is 21.0. The Morgan fingerprint density at radius 1 is 1.25 bits per heavy atom. The van der Waals surface area contributed by atoms with Crippen molar-refractivity contribution in [2.45, 2.75) is 57.5 Å². The molecule has 2 aliphatic heterocycles. The van der Waals surface area contributed by atoms with Crippen LogP contribution in [0.2, 0.25) is 0 Å². The first-order valence-electron chi connectivity index (χ1n) is 11.6. The lowest BCUT2D eigenvalue weighted by Gasteiger charge is -2.46. The number of likely N-dealkylation sites (tertiary alicyclic amines) is 1. The van der Waals surface area contributed by atoms with Gasteiger partial charge in [-0.05, 0) is 37.7 Å². The first kappa shape index (κ1) is 21.1. The molecule has 1 spiro atoms. The van der Waals surface area contributed by atoms with Crippen molar-refractivity contribution in [2.75, 3.05) is 19.7 Å². The lowest BCUT2D eigenvalue weighted by atomic mass is 9.78. The van der Waals surface area contributed by atoms with Gasteiger partial charge < -0.3 is 14.2 Å². The van der Waals surface area contributed by atoms with Crippen molar-refractivity contribution in [3.63, 3.8) is 0 Å². The first-order valence-corrected chi connectivity index (χ1v) is 11.6. The summed E-state index contributed by atoms with van der Waals surface area (Å²) in [7, 11) is 1.88. The van der Waals surface area contributed by atoms with Crippen molar-refractivity contribution in [2.24, 2.45) is 13.0 Å². The van der Waals surface area contributed by atoms with Crippen LogP contribution in [0.4, 0.5) is 0 Å². The number of para-hydroxylation sites is 1. The number of hydrogen-bond acceptors (Lipinski definition) is 6. The Kier molecular flexibility index (Phi) is 5.49. The lowest BCUT2D eigenvalue weighted by Crippen LogP contribution is -2.51. The monoisotopic (exact) mass is 437 g/mol. The largest absolute Gasteiger partial charge is 0.375 e. The molecule has 170 valence electrons. The lowest BCUT2D eigenvalue weighted by molar-refractivity contribution is -0.123. The molecule has 2 fully saturated rings. The third-order valence-electron chi connectivity index (χ3n) is 6.97. The number of hydrogen-bond donors (Lipinski definition) is 0. The highest BCUT2D eigenvalue weighted by Gasteiger charge is 2.42. The van der Waals surface area contributed by atoms with Gasteiger partial charge in [-0.2, -0.15) is 10.1 Å². The molecule has 1 unspecified atom stereocenters. The van der Waals surface area contributed by atoms with E-state index >= 15 is 0 Å². The Morgan fingerprint density at radius 3 is 2.78 bits per heavy atom. The summed E-state index contributed by atoms with van der Waals surface area (Å²) in [6.45, 7) is 6.25. The second-order valence-corrected chi connectivity index (χ2v) is 9.58. The molecular weight excluding hydrogens is 406 g/mol. The summed E-state index contributed by atoms with van der Waals surface area (Å²) < 4.78 is 13.5. The summed E-state index contributed by atoms with van der Waals surface area (Å²) in [5.41, 5.74) is 1.36. The first-order chi connectivity index (χ1) is 15.4. The maximum atomic E-state index is 13.2. The van der Waals surface area contributed by atoms with Crippen molar-refractivity contribution in [1.82, 2.24) is 24.8 Å². The fourth-order valence-electron chi connectivity index (χ4n) is 5.13. The standard InChI is InChI=1S/C24H31N5O3/c1-16(2)22-25-20(27-32-22)14-17-8-13-31-24(15-17)9-11-29(12-10-24)23(30)21-18-6-4-5-7-19(18)28(3)26-21/h4-7,16-17H,8-15H2,1-3H3. The second kappa shape index (κ2) is 8.31. The minimum atomic E-state index is -0.156. The van der Waals surface area contributed by atoms with Crippen LogP contribution in [0.5, 0.6) is 0 Å². The van der Waals surface area contributed by atoms with Gasteiger partial charge in [-0.3, -0.25) is 9.48 Å². The fourth-order valence-corrected chi connectivity index (χ4v) is 5.13. The van der Waals surface area contributed by atoms with Crippen LogP contribution in [0.1, 0.15) is 67.7 Å². The van der Waals surface area contributed by atoms with Crippen LogP contribution in [0.3, 0.4) is 0 Å². The molecule has 4 heterocycles. The Bertz CT molecular complexity index is 1110. The van der Waals surface area contributed by atoms with Crippen LogP contribution in [0.25, 0.3) is 10.9 Å². The molecule has 1 amide bonds. The number of rotatable bonds is 4. The van der Waals surface area contributed by atoms with Crippen LogP contribution in [0, 0.1) is 5.92 Å². The van der Waals surface area contributed by atoms with Gasteiger partial charge in [0.2, 0.25) is 5.89 Å². The quantitative estimate of drug-likeness (QED) is 0.618. The topological polar surface area (TPSA) is 86.3 Å². The number of aromatic nitrogens is 4. The van der Waals surface area contributed by atoms with Gasteiger partial charge in [0.15, 0.2) is 11.5 Å². The molecular formula is C24H31N5O3. The van der Waals surface area contributed by atoms with Crippen LogP contribution < -0.4 is 0 Å². The highest BCUT2D eigenvalue weighted by atomic mass is 16.5. The van der Waals surface area contributed by atoms with Crippen LogP contribution in [-0.2, 0) is 18.2 Å². The minimum absolute atomic E-state index is 0.0111. The Balaban J connectivity index is 1.23. The van der Waals surface area contributed by atoms with Crippen molar-refractivity contribution in [3.8, 4) is 0 Å². The van der Waals surface area contributed by atoms with Gasteiger partial charge in [-0.25, -0.2) is 0 Å². The molecule has 3 aromatic rings. The van der Waals surface area contributed by atoms with Gasteiger partial charge in [0.25, 0.3) is 5.91 Å². The van der Waals surface area contributed by atoms with E-state index in [0.717, 1.165) is 55.4 Å². The third kappa shape index (κ3) is 3.92. The summed E-state index contributed by atoms with van der Waals surface area (Å²) in [4.78, 5) is 19.7. The number of fused-ring (bicyclic) bond motifs is 1. The van der Waals surface area contributed by atoms with Gasteiger partial charge >= 0.3 is 0 Å². The predicted octanol–water partition coefficient (Wildman–Crippen LogP) is 3.72. The summed E-state index contributed by atoms with van der Waals surface area (Å²) in [5.74, 6) is 2.23. The van der Waals surface area contributed by atoms with E-state index in [2.05, 4.69) is 29.1 Å². The van der Waals surface area contributed by atoms with Gasteiger partial charge in [-0.15, -0.1) is 0 Å². The van der Waals surface area contributed by atoms with Gasteiger partial charge in [0.05, 0.1) is 11.1 Å². The zero-order chi connectivity index (χ0) is 22.3. The number of carbonyl (C=O) groups excluding carboxylic acids is 1. The Labute approximate surface area is 187 Å². The molecule has 8 nitrogen and oxygen atoms in total. The molecule has 2 aromatic heterocycles. The van der Waals surface area contributed by atoms with E-state index in [-0.39, 0.29) is 17.4 Å². The summed E-state index contributed by atoms with van der Waals surface area (Å²) in [6.07, 6.45) is 4.51. The SMILES string of the molecule is CC(C)c1nc(CC2CCOC3(CCN(C(=O)c4nn(C)c5ccccc45)CC3)C2)no1. The number of nitrogens with zero attached hydrogens (tertiary/aromatic N) is 5. The zero-order valence-corrected chi connectivity index (χ0v) is 19.1. The highest BCUT2D eigenvalue weighted by molar-refractivity contribution is 6.04. The number of piperidine rings is 1. The van der Waals surface area contributed by atoms with Crippen molar-refractivity contribution >= 4 is 16.8 Å². The minimum Gasteiger partial charge on any atom is -0.375 e. The van der Waals surface area contributed by atoms with E-state index in [4.69, 9.17) is 9.26 Å². The molecule has 1 aromatic carbocycles. The molecule has 1 atom stereocenters. The summed E-state index contributed by atoms with van der Waals surface area (Å²) in [5, 5.41) is 9.60. The molecule has 0 aliphatic carbocycles. The molecule has 32 heavy (non-hydrogen) atoms. The summed E-state index contributed by atoms with van der Waals surface area (Å²) in [6, 6.07) is 7.89. The Morgan fingerprint density at radius 2 is 2.03 bits per heavy atom. The number of carbonyl (C=O) groups is 1. The number of benzene rings is 1. The van der Waals surface area contributed by atoms with Crippen molar-refractivity contribution < 1.29 is 14.1 Å². The number of amides is 1. The average Bonchev–Trinajstić information content (AvgIpc) is 3.39. The molecule has 2 aliphatic rings. The van der Waals surface area contributed by atoms with E-state index in [0.29, 0.717) is 30.6 Å². The fraction of sp³-hybridized carbons (Fsp3) is 0.583. The predicted molar refractivity (Wildman–Crippen MR) is 119 cm³/mol. The highest BCUT2D eigenvalue weighted by Crippen LogP contribution is 2.39. The van der Waals surface area contributed by atoms with Crippen LogP contribution in [-0.4, -0.2) is 56.0 Å². The molecule has 0 bridgehead atoms. The van der Waals surface area contributed by atoms with E-state index in [1.807, 2.05) is 36.2 Å². The van der Waals surface area contributed by atoms with Gasteiger partial charge in [0, 0.05) is 44.5 Å². The molecule has 2 saturated heterocycles. The van der Waals surface area contributed by atoms with Gasteiger partial charge in [0.1, 0.15) is 0 Å². The number of aryl methyl sites for hydroxylation is 1. The third-order valence-corrected chi connectivity index (χ3v) is 6.97. The zero-order valence-electron chi connectivity index (χ0n) is 19.1.